The van der Waals surface area contributed by atoms with Gasteiger partial charge in [-0.2, -0.15) is 0 Å². The molecule has 5 heteroatoms. The van der Waals surface area contributed by atoms with Crippen molar-refractivity contribution in [2.75, 3.05) is 39.4 Å². The lowest BCUT2D eigenvalue weighted by Crippen LogP contribution is -2.48. The Morgan fingerprint density at radius 2 is 1.95 bits per heavy atom. The van der Waals surface area contributed by atoms with Crippen molar-refractivity contribution in [2.24, 2.45) is 16.6 Å². The molecular formula is C16H34N4O. The molecule has 1 unspecified atom stereocenters. The molecule has 1 atom stereocenters. The van der Waals surface area contributed by atoms with E-state index in [0.717, 1.165) is 39.4 Å². The highest BCUT2D eigenvalue weighted by Gasteiger charge is 2.23. The second-order valence-electron chi connectivity index (χ2n) is 6.17. The van der Waals surface area contributed by atoms with Gasteiger partial charge in [0.15, 0.2) is 5.96 Å². The van der Waals surface area contributed by atoms with E-state index in [-0.39, 0.29) is 0 Å². The molecule has 0 aromatic rings. The summed E-state index contributed by atoms with van der Waals surface area (Å²) in [5.74, 6) is 1.16. The van der Waals surface area contributed by atoms with E-state index < -0.39 is 0 Å². The van der Waals surface area contributed by atoms with Gasteiger partial charge in [-0.05, 0) is 12.3 Å². The molecular weight excluding hydrogens is 264 g/mol. The van der Waals surface area contributed by atoms with Crippen molar-refractivity contribution in [1.29, 1.82) is 0 Å². The van der Waals surface area contributed by atoms with E-state index in [1.807, 2.05) is 0 Å². The van der Waals surface area contributed by atoms with E-state index in [4.69, 9.17) is 10.5 Å². The average Bonchev–Trinajstić information content (AvgIpc) is 2.48. The molecule has 1 fully saturated rings. The van der Waals surface area contributed by atoms with Gasteiger partial charge >= 0.3 is 0 Å². The van der Waals surface area contributed by atoms with Gasteiger partial charge in [0.05, 0.1) is 19.8 Å². The number of aliphatic imine (C=N–C) groups is 1. The first-order valence-corrected chi connectivity index (χ1v) is 8.50. The van der Waals surface area contributed by atoms with Gasteiger partial charge in [-0.3, -0.25) is 9.89 Å². The van der Waals surface area contributed by atoms with Crippen LogP contribution >= 0.6 is 0 Å². The van der Waals surface area contributed by atoms with E-state index in [0.29, 0.717) is 17.9 Å². The van der Waals surface area contributed by atoms with Gasteiger partial charge in [-0.1, -0.05) is 40.0 Å². The first kappa shape index (κ1) is 18.2. The second kappa shape index (κ2) is 10.9. The molecule has 0 amide bonds. The van der Waals surface area contributed by atoms with E-state index in [2.05, 4.69) is 36.0 Å². The zero-order chi connectivity index (χ0) is 15.5. The van der Waals surface area contributed by atoms with Crippen molar-refractivity contribution < 1.29 is 4.74 Å². The van der Waals surface area contributed by atoms with Crippen LogP contribution in [0.4, 0.5) is 0 Å². The molecule has 1 rings (SSSR count). The normalized spacial score (nSPS) is 19.0. The predicted octanol–water partition coefficient (Wildman–Crippen LogP) is 1.83. The minimum Gasteiger partial charge on any atom is -0.379 e. The summed E-state index contributed by atoms with van der Waals surface area (Å²) in [6, 6.07) is 0.453. The van der Waals surface area contributed by atoms with Gasteiger partial charge in [0, 0.05) is 25.7 Å². The lowest BCUT2D eigenvalue weighted by atomic mass is 10.0. The van der Waals surface area contributed by atoms with E-state index in [9.17, 15) is 0 Å². The van der Waals surface area contributed by atoms with Crippen LogP contribution in [-0.2, 0) is 4.74 Å². The van der Waals surface area contributed by atoms with E-state index >= 15 is 0 Å². The highest BCUT2D eigenvalue weighted by molar-refractivity contribution is 5.77. The van der Waals surface area contributed by atoms with Crippen LogP contribution in [0.5, 0.6) is 0 Å². The monoisotopic (exact) mass is 298 g/mol. The van der Waals surface area contributed by atoms with Crippen LogP contribution in [0.1, 0.15) is 46.5 Å². The SMILES string of the molecule is CCCCCCNC(N)=NCC(C(C)C)N1CCOCC1. The molecule has 124 valence electrons. The molecule has 0 aliphatic carbocycles. The third-order valence-electron chi connectivity index (χ3n) is 4.07. The summed E-state index contributed by atoms with van der Waals surface area (Å²) in [4.78, 5) is 7.02. The Morgan fingerprint density at radius 3 is 2.57 bits per heavy atom. The molecule has 0 spiro atoms. The molecule has 5 nitrogen and oxygen atoms in total. The van der Waals surface area contributed by atoms with Gasteiger partial charge in [0.1, 0.15) is 0 Å². The Bertz CT molecular complexity index is 288. The maximum atomic E-state index is 5.96. The maximum Gasteiger partial charge on any atom is 0.188 e. The van der Waals surface area contributed by atoms with Crippen molar-refractivity contribution >= 4 is 5.96 Å². The minimum absolute atomic E-state index is 0.453. The summed E-state index contributed by atoms with van der Waals surface area (Å²) >= 11 is 0. The number of nitrogens with one attached hydrogen (secondary N) is 1. The molecule has 1 saturated heterocycles. The minimum atomic E-state index is 0.453. The van der Waals surface area contributed by atoms with Crippen LogP contribution in [-0.4, -0.2) is 56.3 Å². The van der Waals surface area contributed by atoms with Gasteiger partial charge in [-0.15, -0.1) is 0 Å². The fourth-order valence-corrected chi connectivity index (χ4v) is 2.67. The summed E-state index contributed by atoms with van der Waals surface area (Å²) < 4.78 is 5.43. The number of morpholine rings is 1. The molecule has 3 N–H and O–H groups in total. The smallest absolute Gasteiger partial charge is 0.188 e. The van der Waals surface area contributed by atoms with Crippen LogP contribution in [0.2, 0.25) is 0 Å². The Balaban J connectivity index is 2.31. The Hall–Kier alpha value is -0.810. The number of hydrogen-bond donors (Lipinski definition) is 2. The molecule has 21 heavy (non-hydrogen) atoms. The standard InChI is InChI=1S/C16H34N4O/c1-4-5-6-7-8-18-16(17)19-13-15(14(2)3)20-9-11-21-12-10-20/h14-15H,4-13H2,1-3H3,(H3,17,18,19). The number of unbranched alkanes of at least 4 members (excludes halogenated alkanes) is 3. The topological polar surface area (TPSA) is 62.9 Å². The van der Waals surface area contributed by atoms with Crippen LogP contribution in [0.3, 0.4) is 0 Å². The molecule has 1 aliphatic rings. The summed E-state index contributed by atoms with van der Waals surface area (Å²) in [6.07, 6.45) is 4.99. The molecule has 0 aromatic carbocycles. The number of rotatable bonds is 9. The predicted molar refractivity (Wildman–Crippen MR) is 89.7 cm³/mol. The Morgan fingerprint density at radius 1 is 1.24 bits per heavy atom. The highest BCUT2D eigenvalue weighted by atomic mass is 16.5. The first-order chi connectivity index (χ1) is 10.1. The third kappa shape index (κ3) is 7.67. The zero-order valence-electron chi connectivity index (χ0n) is 14.1. The number of hydrogen-bond acceptors (Lipinski definition) is 3. The third-order valence-corrected chi connectivity index (χ3v) is 4.07. The summed E-state index contributed by atoms with van der Waals surface area (Å²) in [6.45, 7) is 12.1. The number of nitrogens with zero attached hydrogens (tertiary/aromatic N) is 2. The highest BCUT2D eigenvalue weighted by Crippen LogP contribution is 2.13. The molecule has 0 radical (unpaired) electrons. The van der Waals surface area contributed by atoms with Gasteiger partial charge in [0.25, 0.3) is 0 Å². The van der Waals surface area contributed by atoms with Gasteiger partial charge in [0.2, 0.25) is 0 Å². The lowest BCUT2D eigenvalue weighted by Gasteiger charge is -2.36. The Labute approximate surface area is 130 Å². The number of nitrogens with two attached hydrogens (primary N) is 1. The van der Waals surface area contributed by atoms with E-state index in [1.54, 1.807) is 0 Å². The van der Waals surface area contributed by atoms with Crippen LogP contribution < -0.4 is 11.1 Å². The molecule has 0 bridgehead atoms. The first-order valence-electron chi connectivity index (χ1n) is 8.50. The van der Waals surface area contributed by atoms with Gasteiger partial charge in [-0.25, -0.2) is 0 Å². The molecule has 1 aliphatic heterocycles. The van der Waals surface area contributed by atoms with Crippen molar-refractivity contribution in [3.05, 3.63) is 0 Å². The fourth-order valence-electron chi connectivity index (χ4n) is 2.67. The summed E-state index contributed by atoms with van der Waals surface area (Å²) in [7, 11) is 0. The summed E-state index contributed by atoms with van der Waals surface area (Å²) in [5, 5.41) is 3.22. The van der Waals surface area contributed by atoms with Crippen molar-refractivity contribution in [2.45, 2.75) is 52.5 Å². The summed E-state index contributed by atoms with van der Waals surface area (Å²) in [5.41, 5.74) is 5.96. The largest absolute Gasteiger partial charge is 0.379 e. The number of guanidine groups is 1. The molecule has 0 saturated carbocycles. The van der Waals surface area contributed by atoms with Crippen LogP contribution in [0, 0.1) is 5.92 Å². The van der Waals surface area contributed by atoms with Crippen LogP contribution in [0.25, 0.3) is 0 Å². The Kier molecular flexibility index (Phi) is 9.42. The van der Waals surface area contributed by atoms with Crippen LogP contribution in [0.15, 0.2) is 4.99 Å². The van der Waals surface area contributed by atoms with Crippen molar-refractivity contribution in [1.82, 2.24) is 10.2 Å². The fraction of sp³-hybridized carbons (Fsp3) is 0.938. The van der Waals surface area contributed by atoms with Crippen molar-refractivity contribution in [3.63, 3.8) is 0 Å². The van der Waals surface area contributed by atoms with Gasteiger partial charge < -0.3 is 15.8 Å². The van der Waals surface area contributed by atoms with E-state index in [1.165, 1.54) is 25.7 Å². The molecule has 1 heterocycles. The lowest BCUT2D eigenvalue weighted by molar-refractivity contribution is 0.00868. The quantitative estimate of drug-likeness (QED) is 0.387. The zero-order valence-corrected chi connectivity index (χ0v) is 14.1. The molecule has 0 aromatic heterocycles. The maximum absolute atomic E-state index is 5.96. The number of ether oxygens (including phenoxy) is 1. The van der Waals surface area contributed by atoms with Crippen molar-refractivity contribution in [3.8, 4) is 0 Å². The second-order valence-corrected chi connectivity index (χ2v) is 6.17. The average molecular weight is 298 g/mol.